The molecule has 3 rings (SSSR count). The summed E-state index contributed by atoms with van der Waals surface area (Å²) in [6.07, 6.45) is 2.98. The fraction of sp³-hybridized carbons (Fsp3) is 0.519. The van der Waals surface area contributed by atoms with Crippen molar-refractivity contribution in [3.63, 3.8) is 0 Å². The molecule has 3 unspecified atom stereocenters. The van der Waals surface area contributed by atoms with Crippen molar-refractivity contribution in [2.24, 2.45) is 28.0 Å². The van der Waals surface area contributed by atoms with E-state index >= 15 is 0 Å². The van der Waals surface area contributed by atoms with Crippen molar-refractivity contribution in [3.8, 4) is 11.9 Å². The number of nitriles is 1. The number of carbonyl (C=O) groups excluding carboxylic acids is 1. The summed E-state index contributed by atoms with van der Waals surface area (Å²) < 4.78 is 6.96. The first-order valence-corrected chi connectivity index (χ1v) is 12.4. The number of hydrogen-bond donors (Lipinski definition) is 2. The van der Waals surface area contributed by atoms with Gasteiger partial charge in [-0.1, -0.05) is 39.3 Å². The number of aromatic hydroxyl groups is 1. The normalized spacial score (nSPS) is 20.0. The Hall–Kier alpha value is -3.51. The monoisotopic (exact) mass is 494 g/mol. The fourth-order valence-electron chi connectivity index (χ4n) is 4.78. The zero-order chi connectivity index (χ0) is 26.4. The van der Waals surface area contributed by atoms with Gasteiger partial charge in [0.15, 0.2) is 5.69 Å². The third-order valence-corrected chi connectivity index (χ3v) is 6.91. The van der Waals surface area contributed by atoms with Gasteiger partial charge in [-0.25, -0.2) is 4.79 Å². The molecule has 1 heterocycles. The molecule has 1 fully saturated rings. The second-order valence-corrected chi connectivity index (χ2v) is 9.80. The Morgan fingerprint density at radius 2 is 2.00 bits per heavy atom. The molecule has 1 aliphatic carbocycles. The lowest BCUT2D eigenvalue weighted by atomic mass is 9.75. The zero-order valence-electron chi connectivity index (χ0n) is 21.3. The lowest BCUT2D eigenvalue weighted by molar-refractivity contribution is -0.0173. The molecule has 0 spiro atoms. The van der Waals surface area contributed by atoms with Crippen LogP contribution in [-0.4, -0.2) is 33.5 Å². The lowest BCUT2D eigenvalue weighted by Crippen LogP contribution is -2.35. The smallest absolute Gasteiger partial charge is 0.340 e. The van der Waals surface area contributed by atoms with E-state index in [9.17, 15) is 20.0 Å². The van der Waals surface area contributed by atoms with Gasteiger partial charge in [-0.3, -0.25) is 9.36 Å². The molecule has 36 heavy (non-hydrogen) atoms. The van der Waals surface area contributed by atoms with Gasteiger partial charge in [-0.15, -0.1) is 10.2 Å². The van der Waals surface area contributed by atoms with E-state index in [1.807, 2.05) is 6.07 Å². The number of aromatic nitrogens is 1. The van der Waals surface area contributed by atoms with Crippen LogP contribution >= 0.6 is 0 Å². The van der Waals surface area contributed by atoms with Gasteiger partial charge < -0.3 is 14.9 Å². The molecular weight excluding hydrogens is 460 g/mol. The first-order chi connectivity index (χ1) is 17.2. The van der Waals surface area contributed by atoms with Crippen LogP contribution < -0.4 is 5.56 Å². The largest absolute Gasteiger partial charge is 0.493 e. The summed E-state index contributed by atoms with van der Waals surface area (Å²) >= 11 is 0. The molecule has 1 saturated carbocycles. The average Bonchev–Trinajstić information content (AvgIpc) is 2.84. The minimum atomic E-state index is -0.641. The highest BCUT2D eigenvalue weighted by atomic mass is 16.5. The molecule has 0 bridgehead atoms. The second kappa shape index (κ2) is 12.0. The van der Waals surface area contributed by atoms with E-state index in [0.717, 1.165) is 23.8 Å². The quantitative estimate of drug-likeness (QED) is 0.384. The van der Waals surface area contributed by atoms with Crippen LogP contribution in [0.15, 0.2) is 39.3 Å². The van der Waals surface area contributed by atoms with Gasteiger partial charge in [0, 0.05) is 18.7 Å². The summed E-state index contributed by atoms with van der Waals surface area (Å²) in [4.78, 5) is 26.2. The average molecular weight is 495 g/mol. The van der Waals surface area contributed by atoms with Crippen molar-refractivity contribution in [2.45, 2.75) is 66.0 Å². The minimum absolute atomic E-state index is 0.0123. The number of esters is 1. The van der Waals surface area contributed by atoms with Crippen LogP contribution in [0.4, 0.5) is 11.4 Å². The van der Waals surface area contributed by atoms with Gasteiger partial charge in [0.1, 0.15) is 23.4 Å². The van der Waals surface area contributed by atoms with Gasteiger partial charge in [-0.05, 0) is 56.1 Å². The van der Waals surface area contributed by atoms with E-state index in [1.54, 1.807) is 24.3 Å². The molecule has 1 aromatic heterocycles. The Morgan fingerprint density at radius 1 is 1.28 bits per heavy atom. The van der Waals surface area contributed by atoms with Crippen LogP contribution in [0.2, 0.25) is 0 Å². The second-order valence-electron chi connectivity index (χ2n) is 9.80. The van der Waals surface area contributed by atoms with Gasteiger partial charge in [0.05, 0.1) is 5.56 Å². The molecule has 3 atom stereocenters. The maximum absolute atomic E-state index is 13.2. The molecule has 0 amide bonds. The topological polar surface area (TPSA) is 137 Å². The van der Waals surface area contributed by atoms with E-state index in [0.29, 0.717) is 17.8 Å². The number of ether oxygens (including phenoxy) is 1. The molecule has 0 saturated heterocycles. The first kappa shape index (κ1) is 27.1. The molecule has 9 nitrogen and oxygen atoms in total. The van der Waals surface area contributed by atoms with Gasteiger partial charge >= 0.3 is 5.97 Å². The third-order valence-electron chi connectivity index (χ3n) is 6.91. The summed E-state index contributed by atoms with van der Waals surface area (Å²) in [6, 6.07) is 8.52. The molecule has 0 aliphatic heterocycles. The highest BCUT2D eigenvalue weighted by molar-refractivity contribution is 5.94. The standard InChI is InChI=1S/C27H34N4O5/c1-16(2)19-11-10-17(3)14-23(19)36-27(35)20-8-5-6-9-22(20)29-30-24-18(4)21(15-28)25(33)31(26(24)34)12-7-13-32/h5-6,8-9,16-17,19,23,32-33H,7,10-14H2,1-4H3. The molecule has 2 aromatic rings. The van der Waals surface area contributed by atoms with Gasteiger partial charge in [-0.2, -0.15) is 5.26 Å². The molecular formula is C27H34N4O5. The van der Waals surface area contributed by atoms with Crippen LogP contribution in [0.3, 0.4) is 0 Å². The molecule has 2 N–H and O–H groups in total. The predicted octanol–water partition coefficient (Wildman–Crippen LogP) is 5.15. The number of benzene rings is 1. The predicted molar refractivity (Wildman–Crippen MR) is 135 cm³/mol. The fourth-order valence-corrected chi connectivity index (χ4v) is 4.78. The van der Waals surface area contributed by atoms with Crippen molar-refractivity contribution in [3.05, 3.63) is 51.3 Å². The summed E-state index contributed by atoms with van der Waals surface area (Å²) in [5.74, 6) is 0.200. The number of aliphatic hydroxyl groups excluding tert-OH is 1. The number of pyridine rings is 1. The Kier molecular flexibility index (Phi) is 8.99. The Morgan fingerprint density at radius 3 is 2.67 bits per heavy atom. The highest BCUT2D eigenvalue weighted by Crippen LogP contribution is 2.36. The van der Waals surface area contributed by atoms with Crippen LogP contribution in [0.25, 0.3) is 0 Å². The van der Waals surface area contributed by atoms with Crippen molar-refractivity contribution in [2.75, 3.05) is 6.61 Å². The van der Waals surface area contributed by atoms with E-state index in [1.165, 1.54) is 6.92 Å². The summed E-state index contributed by atoms with van der Waals surface area (Å²) in [7, 11) is 0. The third kappa shape index (κ3) is 5.82. The van der Waals surface area contributed by atoms with Crippen molar-refractivity contribution >= 4 is 17.3 Å². The first-order valence-electron chi connectivity index (χ1n) is 12.4. The molecule has 0 radical (unpaired) electrons. The lowest BCUT2D eigenvalue weighted by Gasteiger charge is -2.36. The maximum atomic E-state index is 13.2. The zero-order valence-corrected chi connectivity index (χ0v) is 21.3. The summed E-state index contributed by atoms with van der Waals surface area (Å²) in [6.45, 7) is 7.78. The summed E-state index contributed by atoms with van der Waals surface area (Å²) in [5, 5.41) is 37.3. The van der Waals surface area contributed by atoms with E-state index in [4.69, 9.17) is 9.84 Å². The van der Waals surface area contributed by atoms with Crippen LogP contribution in [0.1, 0.15) is 67.9 Å². The van der Waals surface area contributed by atoms with E-state index in [2.05, 4.69) is 31.0 Å². The van der Waals surface area contributed by atoms with E-state index < -0.39 is 17.4 Å². The molecule has 192 valence electrons. The van der Waals surface area contributed by atoms with Crippen molar-refractivity contribution in [1.29, 1.82) is 5.26 Å². The summed E-state index contributed by atoms with van der Waals surface area (Å²) in [5.41, 5.74) is -0.205. The molecule has 1 aliphatic rings. The molecule has 1 aromatic carbocycles. The number of carbonyl (C=O) groups is 1. The number of rotatable bonds is 8. The Labute approximate surface area is 211 Å². The minimum Gasteiger partial charge on any atom is -0.493 e. The van der Waals surface area contributed by atoms with Gasteiger partial charge in [0.2, 0.25) is 5.88 Å². The molecule has 9 heteroatoms. The van der Waals surface area contributed by atoms with Gasteiger partial charge in [0.25, 0.3) is 5.56 Å². The Bertz CT molecular complexity index is 1230. The van der Waals surface area contributed by atoms with Crippen LogP contribution in [-0.2, 0) is 11.3 Å². The Balaban J connectivity index is 1.95. The van der Waals surface area contributed by atoms with E-state index in [-0.39, 0.29) is 53.7 Å². The van der Waals surface area contributed by atoms with Crippen LogP contribution in [0.5, 0.6) is 5.88 Å². The number of azo groups is 1. The number of hydrogen-bond acceptors (Lipinski definition) is 8. The van der Waals surface area contributed by atoms with Crippen LogP contribution in [0, 0.1) is 36.0 Å². The van der Waals surface area contributed by atoms with Crippen molar-refractivity contribution < 1.29 is 19.7 Å². The number of nitrogens with zero attached hydrogens (tertiary/aromatic N) is 4. The highest BCUT2D eigenvalue weighted by Gasteiger charge is 2.34. The van der Waals surface area contributed by atoms with Crippen molar-refractivity contribution in [1.82, 2.24) is 4.57 Å². The number of aliphatic hydroxyl groups is 1. The maximum Gasteiger partial charge on any atom is 0.340 e. The SMILES string of the molecule is Cc1c(C#N)c(O)n(CCCO)c(=O)c1N=Nc1ccccc1C(=O)OC1CC(C)CCC1C(C)C.